The number of ether oxygens (including phenoxy) is 1. The van der Waals surface area contributed by atoms with E-state index >= 15 is 0 Å². The predicted molar refractivity (Wildman–Crippen MR) is 76.1 cm³/mol. The van der Waals surface area contributed by atoms with E-state index in [4.69, 9.17) is 16.3 Å². The zero-order chi connectivity index (χ0) is 14.9. The number of pyridine rings is 1. The molecule has 2 heterocycles. The topological polar surface area (TPSA) is 71.5 Å². The number of nitrogens with one attached hydrogen (secondary N) is 1. The number of carbonyl (C=O) groups is 2. The molecule has 0 unspecified atom stereocenters. The highest BCUT2D eigenvalue weighted by molar-refractivity contribution is 6.34. The fourth-order valence-electron chi connectivity index (χ4n) is 1.66. The minimum atomic E-state index is -0.580. The largest absolute Gasteiger partial charge is 0.444 e. The fraction of sp³-hybridized carbons (Fsp3) is 0.462. The number of carbonyl (C=O) groups excluding carboxylic acids is 2. The maximum Gasteiger partial charge on any atom is 0.412 e. The van der Waals surface area contributed by atoms with E-state index in [0.717, 1.165) is 0 Å². The van der Waals surface area contributed by atoms with Crippen molar-refractivity contribution in [3.63, 3.8) is 0 Å². The molecule has 0 aliphatic carbocycles. The van der Waals surface area contributed by atoms with Gasteiger partial charge in [0.15, 0.2) is 5.82 Å². The van der Waals surface area contributed by atoms with E-state index in [0.29, 0.717) is 29.5 Å². The Morgan fingerprint density at radius 2 is 2.20 bits per heavy atom. The quantitative estimate of drug-likeness (QED) is 0.852. The van der Waals surface area contributed by atoms with Gasteiger partial charge >= 0.3 is 6.09 Å². The number of nitrogens with zero attached hydrogens (tertiary/aromatic N) is 2. The fourth-order valence-corrected chi connectivity index (χ4v) is 1.93. The second-order valence-corrected chi connectivity index (χ2v) is 5.86. The molecule has 0 atom stereocenters. The average Bonchev–Trinajstić information content (AvgIpc) is 2.28. The monoisotopic (exact) mass is 297 g/mol. The van der Waals surface area contributed by atoms with Gasteiger partial charge in [-0.3, -0.25) is 15.0 Å². The molecule has 0 radical (unpaired) electrons. The van der Waals surface area contributed by atoms with Gasteiger partial charge in [0.05, 0.1) is 16.9 Å². The van der Waals surface area contributed by atoms with Gasteiger partial charge in [0, 0.05) is 13.0 Å². The minimum Gasteiger partial charge on any atom is -0.444 e. The van der Waals surface area contributed by atoms with Gasteiger partial charge < -0.3 is 4.74 Å². The zero-order valence-electron chi connectivity index (χ0n) is 11.6. The van der Waals surface area contributed by atoms with Crippen LogP contribution in [0, 0.1) is 0 Å². The molecule has 1 aliphatic rings. The van der Waals surface area contributed by atoms with Crippen molar-refractivity contribution in [2.24, 2.45) is 0 Å². The van der Waals surface area contributed by atoms with Gasteiger partial charge in [-0.05, 0) is 26.8 Å². The van der Waals surface area contributed by atoms with Crippen LogP contribution in [0.5, 0.6) is 0 Å². The number of aromatic nitrogens is 1. The van der Waals surface area contributed by atoms with E-state index in [1.54, 1.807) is 26.8 Å². The molecule has 2 amide bonds. The first-order valence-corrected chi connectivity index (χ1v) is 6.60. The molecule has 1 fully saturated rings. The smallest absolute Gasteiger partial charge is 0.412 e. The van der Waals surface area contributed by atoms with Crippen LogP contribution in [0.15, 0.2) is 12.3 Å². The Hall–Kier alpha value is -1.82. The van der Waals surface area contributed by atoms with Gasteiger partial charge in [-0.15, -0.1) is 0 Å². The zero-order valence-corrected chi connectivity index (χ0v) is 12.3. The second kappa shape index (κ2) is 5.28. The van der Waals surface area contributed by atoms with Gasteiger partial charge in [0.1, 0.15) is 5.60 Å². The summed E-state index contributed by atoms with van der Waals surface area (Å²) in [6.45, 7) is 5.94. The lowest BCUT2D eigenvalue weighted by Gasteiger charge is -2.30. The van der Waals surface area contributed by atoms with E-state index in [1.165, 1.54) is 11.1 Å². The van der Waals surface area contributed by atoms with Crippen LogP contribution in [0.1, 0.15) is 27.2 Å². The molecular formula is C13H16ClN3O3. The van der Waals surface area contributed by atoms with E-state index in [9.17, 15) is 9.59 Å². The van der Waals surface area contributed by atoms with Crippen LogP contribution in [0.3, 0.4) is 0 Å². The van der Waals surface area contributed by atoms with Crippen molar-refractivity contribution < 1.29 is 14.3 Å². The Kier molecular flexibility index (Phi) is 3.85. The minimum absolute atomic E-state index is 0.00717. The number of β-lactam (4-membered cyclic amide) rings is 1. The van der Waals surface area contributed by atoms with E-state index in [1.807, 2.05) is 0 Å². The molecule has 1 aromatic rings. The first kappa shape index (κ1) is 14.6. The lowest BCUT2D eigenvalue weighted by molar-refractivity contribution is -0.122. The number of rotatable bonds is 2. The molecule has 6 nitrogen and oxygen atoms in total. The lowest BCUT2D eigenvalue weighted by Crippen LogP contribution is -2.44. The number of amides is 2. The van der Waals surface area contributed by atoms with Crippen molar-refractivity contribution in [3.05, 3.63) is 17.3 Å². The van der Waals surface area contributed by atoms with Crippen LogP contribution in [0.2, 0.25) is 5.02 Å². The van der Waals surface area contributed by atoms with Gasteiger partial charge in [0.2, 0.25) is 5.91 Å². The summed E-state index contributed by atoms with van der Waals surface area (Å²) in [5.41, 5.74) is -0.161. The average molecular weight is 298 g/mol. The van der Waals surface area contributed by atoms with Crippen molar-refractivity contribution in [1.29, 1.82) is 0 Å². The molecule has 108 valence electrons. The van der Waals surface area contributed by atoms with Gasteiger partial charge in [-0.2, -0.15) is 0 Å². The molecule has 0 saturated carbocycles. The van der Waals surface area contributed by atoms with Crippen LogP contribution >= 0.6 is 11.6 Å². The summed E-state index contributed by atoms with van der Waals surface area (Å²) in [7, 11) is 0. The van der Waals surface area contributed by atoms with Crippen LogP contribution in [-0.2, 0) is 9.53 Å². The summed E-state index contributed by atoms with van der Waals surface area (Å²) in [5, 5.41) is 2.85. The van der Waals surface area contributed by atoms with Crippen molar-refractivity contribution in [3.8, 4) is 0 Å². The van der Waals surface area contributed by atoms with E-state index in [-0.39, 0.29) is 5.91 Å². The molecule has 1 N–H and O–H groups in total. The van der Waals surface area contributed by atoms with Crippen molar-refractivity contribution in [2.45, 2.75) is 32.8 Å². The first-order chi connectivity index (χ1) is 9.26. The van der Waals surface area contributed by atoms with Gasteiger partial charge in [-0.1, -0.05) is 11.6 Å². The normalized spacial score (nSPS) is 14.8. The Labute approximate surface area is 122 Å². The van der Waals surface area contributed by atoms with E-state index < -0.39 is 11.7 Å². The van der Waals surface area contributed by atoms with Crippen molar-refractivity contribution in [1.82, 2.24) is 4.98 Å². The third-order valence-corrected chi connectivity index (χ3v) is 2.85. The Balaban J connectivity index is 2.06. The van der Waals surface area contributed by atoms with Crippen LogP contribution in [0.25, 0.3) is 0 Å². The Morgan fingerprint density at radius 1 is 1.50 bits per heavy atom. The standard InChI is InChI=1S/C13H16ClN3O3/c1-13(2,3)20-12(19)16-8-6-9(14)11(15-7-8)17-5-4-10(17)18/h6-7H,4-5H2,1-3H3,(H,16,19). The number of hydrogen-bond acceptors (Lipinski definition) is 4. The number of anilines is 2. The Morgan fingerprint density at radius 3 is 2.65 bits per heavy atom. The number of halogens is 1. The van der Waals surface area contributed by atoms with Crippen LogP contribution in [-0.4, -0.2) is 29.1 Å². The van der Waals surface area contributed by atoms with Crippen molar-refractivity contribution in [2.75, 3.05) is 16.8 Å². The highest BCUT2D eigenvalue weighted by Crippen LogP contribution is 2.29. The molecule has 0 aromatic carbocycles. The maximum absolute atomic E-state index is 11.6. The maximum atomic E-state index is 11.6. The molecule has 1 aromatic heterocycles. The van der Waals surface area contributed by atoms with Gasteiger partial charge in [0.25, 0.3) is 0 Å². The molecule has 0 bridgehead atoms. The van der Waals surface area contributed by atoms with Gasteiger partial charge in [-0.25, -0.2) is 9.78 Å². The molecule has 20 heavy (non-hydrogen) atoms. The summed E-state index contributed by atoms with van der Waals surface area (Å²) < 4.78 is 5.12. The summed E-state index contributed by atoms with van der Waals surface area (Å²) in [6, 6.07) is 1.54. The number of hydrogen-bond donors (Lipinski definition) is 1. The summed E-state index contributed by atoms with van der Waals surface area (Å²) in [4.78, 5) is 28.6. The highest BCUT2D eigenvalue weighted by Gasteiger charge is 2.28. The second-order valence-electron chi connectivity index (χ2n) is 5.45. The first-order valence-electron chi connectivity index (χ1n) is 6.22. The Bertz CT molecular complexity index is 554. The summed E-state index contributed by atoms with van der Waals surface area (Å²) in [6.07, 6.45) is 1.37. The van der Waals surface area contributed by atoms with E-state index in [2.05, 4.69) is 10.3 Å². The summed E-state index contributed by atoms with van der Waals surface area (Å²) in [5.74, 6) is 0.407. The van der Waals surface area contributed by atoms with Crippen LogP contribution in [0.4, 0.5) is 16.3 Å². The molecule has 2 rings (SSSR count). The molecule has 1 aliphatic heterocycles. The molecule has 1 saturated heterocycles. The molecule has 7 heteroatoms. The highest BCUT2D eigenvalue weighted by atomic mass is 35.5. The third-order valence-electron chi connectivity index (χ3n) is 2.57. The third kappa shape index (κ3) is 3.39. The SMILES string of the molecule is CC(C)(C)OC(=O)Nc1cnc(N2CCC2=O)c(Cl)c1. The lowest BCUT2D eigenvalue weighted by atomic mass is 10.2. The van der Waals surface area contributed by atoms with Crippen LogP contribution < -0.4 is 10.2 Å². The van der Waals surface area contributed by atoms with Crippen molar-refractivity contribution >= 4 is 35.1 Å². The molecule has 0 spiro atoms. The predicted octanol–water partition coefficient (Wildman–Crippen LogP) is 2.82. The molecular weight excluding hydrogens is 282 g/mol. The summed E-state index contributed by atoms with van der Waals surface area (Å²) >= 11 is 6.07.